The summed E-state index contributed by atoms with van der Waals surface area (Å²) in [6.45, 7) is 4.46. The first-order valence-corrected chi connectivity index (χ1v) is 3.86. The summed E-state index contributed by atoms with van der Waals surface area (Å²) in [5.41, 5.74) is 0. The zero-order valence-electron chi connectivity index (χ0n) is 6.43. The summed E-state index contributed by atoms with van der Waals surface area (Å²) in [5.74, 6) is 1.41. The molecule has 0 bridgehead atoms. The van der Waals surface area contributed by atoms with Crippen LogP contribution in [0.4, 0.5) is 0 Å². The quantitative estimate of drug-likeness (QED) is 0.349. The molecule has 0 N–H and O–H groups in total. The number of ether oxygens (including phenoxy) is 1. The van der Waals surface area contributed by atoms with Crippen LogP contribution in [0, 0.1) is 0 Å². The molecule has 0 aliphatic heterocycles. The van der Waals surface area contributed by atoms with Crippen molar-refractivity contribution in [1.82, 2.24) is 0 Å². The number of hydrogen-bond acceptors (Lipinski definition) is 1. The van der Waals surface area contributed by atoms with E-state index in [2.05, 4.69) is 0 Å². The van der Waals surface area contributed by atoms with E-state index < -0.39 is 0 Å². The first-order valence-electron chi connectivity index (χ1n) is 3.33. The fourth-order valence-electron chi connectivity index (χ4n) is 0.548. The van der Waals surface area contributed by atoms with E-state index in [4.69, 9.17) is 16.3 Å². The molecule has 0 aliphatic rings. The van der Waals surface area contributed by atoms with Crippen molar-refractivity contribution in [3.8, 4) is 0 Å². The molecule has 0 aromatic rings. The Kier molecular flexibility index (Phi) is 6.40. The molecule has 2 heteroatoms. The van der Waals surface area contributed by atoms with E-state index in [0.717, 1.165) is 5.76 Å². The van der Waals surface area contributed by atoms with Crippen LogP contribution in [0.25, 0.3) is 0 Å². The lowest BCUT2D eigenvalue weighted by atomic mass is 10.4. The molecule has 0 aliphatic carbocycles. The predicted molar refractivity (Wildman–Crippen MR) is 45.2 cm³/mol. The smallest absolute Gasteiger partial charge is 0.114 e. The van der Waals surface area contributed by atoms with Gasteiger partial charge in [0, 0.05) is 0 Å². The van der Waals surface area contributed by atoms with Crippen LogP contribution in [-0.4, -0.2) is 12.5 Å². The third-order valence-electron chi connectivity index (χ3n) is 0.961. The Morgan fingerprint density at radius 3 is 2.60 bits per heavy atom. The Balaban J connectivity index is 3.62. The van der Waals surface area contributed by atoms with Gasteiger partial charge in [-0.25, -0.2) is 0 Å². The Bertz CT molecular complexity index is 127. The third kappa shape index (κ3) is 4.45. The average molecular weight is 161 g/mol. The number of rotatable bonds is 4. The Morgan fingerprint density at radius 1 is 1.50 bits per heavy atom. The maximum Gasteiger partial charge on any atom is 0.114 e. The van der Waals surface area contributed by atoms with Crippen molar-refractivity contribution in [2.45, 2.75) is 13.8 Å². The highest BCUT2D eigenvalue weighted by molar-refractivity contribution is 6.17. The molecule has 0 saturated heterocycles. The van der Waals surface area contributed by atoms with Crippen LogP contribution in [-0.2, 0) is 4.74 Å². The first kappa shape index (κ1) is 9.57. The molecule has 0 aromatic carbocycles. The fourth-order valence-corrected chi connectivity index (χ4v) is 0.626. The van der Waals surface area contributed by atoms with Gasteiger partial charge >= 0.3 is 0 Å². The van der Waals surface area contributed by atoms with E-state index >= 15 is 0 Å². The summed E-state index contributed by atoms with van der Waals surface area (Å²) in [6, 6.07) is 0. The maximum atomic E-state index is 5.43. The van der Waals surface area contributed by atoms with E-state index in [-0.39, 0.29) is 0 Å². The van der Waals surface area contributed by atoms with Crippen LogP contribution < -0.4 is 0 Å². The minimum atomic E-state index is 0.537. The van der Waals surface area contributed by atoms with Gasteiger partial charge in [0.2, 0.25) is 0 Å². The van der Waals surface area contributed by atoms with Crippen LogP contribution in [0.1, 0.15) is 13.8 Å². The first-order chi connectivity index (χ1) is 4.85. The highest BCUT2D eigenvalue weighted by Gasteiger charge is 1.87. The molecule has 0 radical (unpaired) electrons. The topological polar surface area (TPSA) is 9.23 Å². The van der Waals surface area contributed by atoms with Crippen LogP contribution in [0.15, 0.2) is 24.0 Å². The van der Waals surface area contributed by atoms with Gasteiger partial charge in [0.15, 0.2) is 0 Å². The van der Waals surface area contributed by atoms with E-state index in [1.165, 1.54) is 0 Å². The summed E-state index contributed by atoms with van der Waals surface area (Å²) in [6.07, 6.45) is 5.75. The number of hydrogen-bond donors (Lipinski definition) is 0. The van der Waals surface area contributed by atoms with Crippen LogP contribution >= 0.6 is 11.6 Å². The van der Waals surface area contributed by atoms with Crippen molar-refractivity contribution in [2.24, 2.45) is 0 Å². The lowest BCUT2D eigenvalue weighted by molar-refractivity contribution is 0.244. The van der Waals surface area contributed by atoms with Crippen LogP contribution in [0.3, 0.4) is 0 Å². The van der Waals surface area contributed by atoms with Gasteiger partial charge in [-0.1, -0.05) is 6.08 Å². The fraction of sp³-hybridized carbons (Fsp3) is 0.500. The molecule has 0 atom stereocenters. The van der Waals surface area contributed by atoms with Gasteiger partial charge in [-0.3, -0.25) is 0 Å². The third-order valence-corrected chi connectivity index (χ3v) is 1.12. The number of alkyl halides is 1. The molecule has 1 nitrogen and oxygen atoms in total. The molecule has 0 spiro atoms. The number of halogens is 1. The van der Waals surface area contributed by atoms with Gasteiger partial charge in [0.05, 0.1) is 5.88 Å². The van der Waals surface area contributed by atoms with Crippen LogP contribution in [0.5, 0.6) is 0 Å². The predicted octanol–water partition coefficient (Wildman–Crippen LogP) is 2.72. The lowest BCUT2D eigenvalue weighted by Crippen LogP contribution is -1.92. The summed E-state index contributed by atoms with van der Waals surface area (Å²) in [7, 11) is 0. The minimum absolute atomic E-state index is 0.537. The average Bonchev–Trinajstić information content (AvgIpc) is 1.98. The van der Waals surface area contributed by atoms with Gasteiger partial charge in [-0.15, -0.1) is 11.6 Å². The molecular formula is C8H13ClO. The van der Waals surface area contributed by atoms with Crippen molar-refractivity contribution < 1.29 is 4.74 Å². The Morgan fingerprint density at radius 2 is 2.20 bits per heavy atom. The van der Waals surface area contributed by atoms with Gasteiger partial charge in [0.1, 0.15) is 12.4 Å². The van der Waals surface area contributed by atoms with Gasteiger partial charge in [-0.05, 0) is 26.0 Å². The van der Waals surface area contributed by atoms with E-state index in [1.54, 1.807) is 0 Å². The normalized spacial score (nSPS) is 12.5. The summed E-state index contributed by atoms with van der Waals surface area (Å²) >= 11 is 5.43. The minimum Gasteiger partial charge on any atom is -0.493 e. The highest BCUT2D eigenvalue weighted by Crippen LogP contribution is 1.98. The second kappa shape index (κ2) is 6.69. The van der Waals surface area contributed by atoms with Crippen molar-refractivity contribution in [3.05, 3.63) is 24.0 Å². The molecule has 0 amide bonds. The summed E-state index contributed by atoms with van der Waals surface area (Å²) in [5, 5.41) is 0. The largest absolute Gasteiger partial charge is 0.493 e. The molecule has 0 heterocycles. The molecule has 0 rings (SSSR count). The van der Waals surface area contributed by atoms with Crippen molar-refractivity contribution >= 4 is 11.6 Å². The lowest BCUT2D eigenvalue weighted by Gasteiger charge is -2.02. The zero-order valence-corrected chi connectivity index (χ0v) is 7.19. The number of allylic oxidation sites excluding steroid dienone is 3. The van der Waals surface area contributed by atoms with Gasteiger partial charge in [0.25, 0.3) is 0 Å². The SMILES string of the molecule is CC=CC(=CC)OCCCl. The summed E-state index contributed by atoms with van der Waals surface area (Å²) < 4.78 is 5.22. The molecule has 10 heavy (non-hydrogen) atoms. The molecule has 0 fully saturated rings. The standard InChI is InChI=1S/C8H13ClO/c1-3-5-8(4-2)10-7-6-9/h3-5H,6-7H2,1-2H3. The highest BCUT2D eigenvalue weighted by atomic mass is 35.5. The Labute approximate surface area is 67.3 Å². The van der Waals surface area contributed by atoms with Crippen LogP contribution in [0.2, 0.25) is 0 Å². The monoisotopic (exact) mass is 160 g/mol. The second-order valence-electron chi connectivity index (χ2n) is 1.73. The van der Waals surface area contributed by atoms with Gasteiger partial charge < -0.3 is 4.74 Å². The second-order valence-corrected chi connectivity index (χ2v) is 2.11. The van der Waals surface area contributed by atoms with Crippen molar-refractivity contribution in [3.63, 3.8) is 0 Å². The van der Waals surface area contributed by atoms with E-state index in [9.17, 15) is 0 Å². The van der Waals surface area contributed by atoms with Crippen molar-refractivity contribution in [2.75, 3.05) is 12.5 Å². The molecule has 58 valence electrons. The Hall–Kier alpha value is -0.430. The summed E-state index contributed by atoms with van der Waals surface area (Å²) in [4.78, 5) is 0. The molecule has 0 saturated carbocycles. The van der Waals surface area contributed by atoms with Crippen molar-refractivity contribution in [1.29, 1.82) is 0 Å². The molecule has 0 unspecified atom stereocenters. The molecular weight excluding hydrogens is 148 g/mol. The maximum absolute atomic E-state index is 5.43. The van der Waals surface area contributed by atoms with E-state index in [1.807, 2.05) is 32.1 Å². The zero-order chi connectivity index (χ0) is 7.82. The molecule has 0 aromatic heterocycles. The van der Waals surface area contributed by atoms with Gasteiger partial charge in [-0.2, -0.15) is 0 Å². The van der Waals surface area contributed by atoms with E-state index in [0.29, 0.717) is 12.5 Å².